The molecule has 0 saturated heterocycles. The second-order valence-corrected chi connectivity index (χ2v) is 1.76. The highest BCUT2D eigenvalue weighted by Gasteiger charge is 1.61. The molecular weight excluding hydrogens is 76.1 g/mol. The molecule has 3 radical (unpaired) electrons. The Morgan fingerprint density at radius 1 is 1.80 bits per heavy atom. The van der Waals surface area contributed by atoms with Gasteiger partial charge in [-0.05, 0) is 13.8 Å². The van der Waals surface area contributed by atoms with E-state index in [0.717, 1.165) is 0 Å². The topological polar surface area (TPSA) is 0 Å². The maximum atomic E-state index is 3.28. The van der Waals surface area contributed by atoms with E-state index in [1.54, 1.807) is 0 Å². The minimum Gasteiger partial charge on any atom is -0.0956 e. The first-order valence-electron chi connectivity index (χ1n) is 1.62. The first kappa shape index (κ1) is 4.96. The van der Waals surface area contributed by atoms with Gasteiger partial charge in [0.15, 0.2) is 0 Å². The van der Waals surface area contributed by atoms with Crippen molar-refractivity contribution in [1.82, 2.24) is 0 Å². The molecule has 27 valence electrons. The second-order valence-electron chi connectivity index (χ2n) is 0.972. The first-order chi connectivity index (χ1) is 2.27. The third kappa shape index (κ3) is 3.96. The van der Waals surface area contributed by atoms with Crippen LogP contribution in [0.25, 0.3) is 0 Å². The van der Waals surface area contributed by atoms with Gasteiger partial charge in [0.1, 0.15) is 0 Å². The second kappa shape index (κ2) is 2.21. The lowest BCUT2D eigenvalue weighted by Gasteiger charge is -1.73. The monoisotopic (exact) mass is 83.0 g/mol. The van der Waals surface area contributed by atoms with Crippen LogP contribution in [0.3, 0.4) is 0 Å². The summed E-state index contributed by atoms with van der Waals surface area (Å²) in [7, 11) is 3.28. The molecule has 0 heterocycles. The van der Waals surface area contributed by atoms with Crippen LogP contribution >= 0.6 is 0 Å². The third-order valence-electron chi connectivity index (χ3n) is 0.433. The average molecular weight is 83.2 g/mol. The molecule has 0 spiro atoms. The molecule has 0 atom stereocenters. The van der Waals surface area contributed by atoms with Crippen molar-refractivity contribution in [3.63, 3.8) is 0 Å². The SMILES string of the molecule is CC=C(C)[Si]. The van der Waals surface area contributed by atoms with Gasteiger partial charge in [-0.15, -0.1) is 0 Å². The van der Waals surface area contributed by atoms with Crippen molar-refractivity contribution >= 4 is 10.2 Å². The highest BCUT2D eigenvalue weighted by atomic mass is 28.1. The van der Waals surface area contributed by atoms with Crippen LogP contribution < -0.4 is 0 Å². The van der Waals surface area contributed by atoms with Crippen LogP contribution in [0.4, 0.5) is 0 Å². The van der Waals surface area contributed by atoms with Crippen molar-refractivity contribution in [2.45, 2.75) is 13.8 Å². The van der Waals surface area contributed by atoms with Crippen LogP contribution in [0.1, 0.15) is 13.8 Å². The molecule has 0 unspecified atom stereocenters. The zero-order valence-electron chi connectivity index (χ0n) is 3.58. The molecule has 0 aromatic carbocycles. The Kier molecular flexibility index (Phi) is 2.19. The molecule has 0 saturated carbocycles. The van der Waals surface area contributed by atoms with Gasteiger partial charge in [0, 0.05) is 0 Å². The van der Waals surface area contributed by atoms with E-state index < -0.39 is 0 Å². The van der Waals surface area contributed by atoms with Crippen LogP contribution in [0.2, 0.25) is 0 Å². The van der Waals surface area contributed by atoms with Crippen LogP contribution in [0.5, 0.6) is 0 Å². The Balaban J connectivity index is 3.14. The van der Waals surface area contributed by atoms with E-state index in [4.69, 9.17) is 0 Å². The fourth-order valence-electron chi connectivity index (χ4n) is 0. The van der Waals surface area contributed by atoms with Gasteiger partial charge in [-0.2, -0.15) is 0 Å². The Labute approximate surface area is 36.3 Å². The van der Waals surface area contributed by atoms with E-state index >= 15 is 0 Å². The summed E-state index contributed by atoms with van der Waals surface area (Å²) >= 11 is 0. The smallest absolute Gasteiger partial charge is 0.0641 e. The molecule has 1 heteroatoms. The quantitative estimate of drug-likeness (QED) is 0.384. The Morgan fingerprint density at radius 3 is 2.00 bits per heavy atom. The van der Waals surface area contributed by atoms with Crippen LogP contribution in [0, 0.1) is 0 Å². The summed E-state index contributed by atoms with van der Waals surface area (Å²) in [6.45, 7) is 3.99. The van der Waals surface area contributed by atoms with Crippen LogP contribution in [0.15, 0.2) is 11.3 Å². The van der Waals surface area contributed by atoms with Crippen LogP contribution in [-0.4, -0.2) is 10.2 Å². The van der Waals surface area contributed by atoms with E-state index in [2.05, 4.69) is 10.2 Å². The standard InChI is InChI=1S/C4H7Si/c1-3-4(2)5/h3H,1-2H3. The lowest BCUT2D eigenvalue weighted by atomic mass is 10.6. The fourth-order valence-corrected chi connectivity index (χ4v) is 0. The maximum Gasteiger partial charge on any atom is 0.0641 e. The lowest BCUT2D eigenvalue weighted by Crippen LogP contribution is -1.62. The van der Waals surface area contributed by atoms with E-state index in [9.17, 15) is 0 Å². The predicted molar refractivity (Wildman–Crippen MR) is 25.2 cm³/mol. The van der Waals surface area contributed by atoms with Crippen molar-refractivity contribution in [3.05, 3.63) is 11.3 Å². The average Bonchev–Trinajstić information content (AvgIpc) is 1.38. The van der Waals surface area contributed by atoms with Crippen LogP contribution in [-0.2, 0) is 0 Å². The Bertz CT molecular complexity index is 41.6. The molecule has 0 nitrogen and oxygen atoms in total. The van der Waals surface area contributed by atoms with Crippen molar-refractivity contribution in [3.8, 4) is 0 Å². The maximum absolute atomic E-state index is 3.28. The van der Waals surface area contributed by atoms with Gasteiger partial charge in [0.2, 0.25) is 0 Å². The minimum atomic E-state index is 1.19. The highest BCUT2D eigenvalue weighted by Crippen LogP contribution is 1.76. The normalized spacial score (nSPS) is 12.2. The number of rotatable bonds is 0. The fraction of sp³-hybridized carbons (Fsp3) is 0.500. The van der Waals surface area contributed by atoms with Gasteiger partial charge in [0.05, 0.1) is 10.2 Å². The van der Waals surface area contributed by atoms with Gasteiger partial charge >= 0.3 is 0 Å². The largest absolute Gasteiger partial charge is 0.0956 e. The molecule has 0 bridgehead atoms. The molecule has 0 amide bonds. The minimum absolute atomic E-state index is 1.19. The zero-order chi connectivity index (χ0) is 4.28. The molecule has 0 N–H and O–H groups in total. The van der Waals surface area contributed by atoms with Gasteiger partial charge < -0.3 is 0 Å². The highest BCUT2D eigenvalue weighted by molar-refractivity contribution is 6.21. The molecule has 0 aliphatic rings. The summed E-state index contributed by atoms with van der Waals surface area (Å²) in [5, 5.41) is 1.19. The molecule has 0 aromatic rings. The predicted octanol–water partition coefficient (Wildman–Crippen LogP) is 1.08. The summed E-state index contributed by atoms with van der Waals surface area (Å²) in [6.07, 6.45) is 2.00. The summed E-state index contributed by atoms with van der Waals surface area (Å²) in [5.41, 5.74) is 0. The van der Waals surface area contributed by atoms with Crippen molar-refractivity contribution in [2.24, 2.45) is 0 Å². The molecular formula is C4H7Si. The summed E-state index contributed by atoms with van der Waals surface area (Å²) in [5.74, 6) is 0. The van der Waals surface area contributed by atoms with Gasteiger partial charge in [-0.25, -0.2) is 0 Å². The van der Waals surface area contributed by atoms with Crippen molar-refractivity contribution < 1.29 is 0 Å². The van der Waals surface area contributed by atoms with E-state index in [1.807, 2.05) is 19.9 Å². The zero-order valence-corrected chi connectivity index (χ0v) is 4.58. The third-order valence-corrected chi connectivity index (χ3v) is 0.722. The molecule has 0 aliphatic carbocycles. The number of hydrogen-bond acceptors (Lipinski definition) is 0. The summed E-state index contributed by atoms with van der Waals surface area (Å²) < 4.78 is 0. The van der Waals surface area contributed by atoms with E-state index in [-0.39, 0.29) is 0 Å². The lowest BCUT2D eigenvalue weighted by molar-refractivity contribution is 1.59. The van der Waals surface area contributed by atoms with Gasteiger partial charge in [-0.3, -0.25) is 0 Å². The number of hydrogen-bond donors (Lipinski definition) is 0. The Hall–Kier alpha value is -0.0431. The summed E-state index contributed by atoms with van der Waals surface area (Å²) in [6, 6.07) is 0. The number of allylic oxidation sites excluding steroid dienone is 2. The molecule has 5 heavy (non-hydrogen) atoms. The van der Waals surface area contributed by atoms with E-state index in [0.29, 0.717) is 0 Å². The molecule has 0 rings (SSSR count). The summed E-state index contributed by atoms with van der Waals surface area (Å²) in [4.78, 5) is 0. The van der Waals surface area contributed by atoms with Crippen molar-refractivity contribution in [2.75, 3.05) is 0 Å². The molecule has 0 aliphatic heterocycles. The van der Waals surface area contributed by atoms with Crippen molar-refractivity contribution in [1.29, 1.82) is 0 Å². The first-order valence-corrected chi connectivity index (χ1v) is 2.12. The van der Waals surface area contributed by atoms with Gasteiger partial charge in [-0.1, -0.05) is 11.3 Å². The van der Waals surface area contributed by atoms with Gasteiger partial charge in [0.25, 0.3) is 0 Å². The molecule has 0 aromatic heterocycles. The Morgan fingerprint density at radius 2 is 2.00 bits per heavy atom. The van der Waals surface area contributed by atoms with E-state index in [1.165, 1.54) is 5.20 Å². The molecule has 0 fully saturated rings.